The molecule has 0 aromatic heterocycles. The third-order valence-corrected chi connectivity index (χ3v) is 5.23. The van der Waals surface area contributed by atoms with Gasteiger partial charge in [0.15, 0.2) is 24.8 Å². The molecule has 96 valence electrons. The smallest absolute Gasteiger partial charge is 0.200 e. The van der Waals surface area contributed by atoms with Gasteiger partial charge in [-0.15, -0.1) is 0 Å². The van der Waals surface area contributed by atoms with Gasteiger partial charge in [0.25, 0.3) is 0 Å². The monoisotopic (exact) mass is 322 g/mol. The van der Waals surface area contributed by atoms with Crippen LogP contribution in [0.4, 0.5) is 0 Å². The van der Waals surface area contributed by atoms with Crippen LogP contribution in [0, 0.1) is 0 Å². The molecule has 0 amide bonds. The normalized spacial score (nSPS) is 10.8. The predicted octanol–water partition coefficient (Wildman–Crippen LogP) is -2.26. The average molecular weight is 323 g/mol. The fourth-order valence-electron chi connectivity index (χ4n) is 1.30. The highest BCUT2D eigenvalue weighted by atomic mass is 79.9. The van der Waals surface area contributed by atoms with E-state index in [-0.39, 0.29) is 48.0 Å². The number of ketones is 1. The molecule has 1 rings (SSSR count). The van der Waals surface area contributed by atoms with Gasteiger partial charge in [0.05, 0.1) is 0 Å². The van der Waals surface area contributed by atoms with Crippen molar-refractivity contribution in [2.45, 2.75) is 0 Å². The number of hydrogen-bond donors (Lipinski definition) is 3. The summed E-state index contributed by atoms with van der Waals surface area (Å²) in [5, 5.41) is 27.4. The molecule has 6 heteroatoms. The highest BCUT2D eigenvalue weighted by Gasteiger charge is 2.38. The summed E-state index contributed by atoms with van der Waals surface area (Å²) in [6.07, 6.45) is -0.879. The van der Waals surface area contributed by atoms with Crippen molar-refractivity contribution in [1.29, 1.82) is 0 Å². The van der Waals surface area contributed by atoms with E-state index in [0.29, 0.717) is 5.56 Å². The lowest BCUT2D eigenvalue weighted by atomic mass is 10.2. The van der Waals surface area contributed by atoms with E-state index in [1.54, 1.807) is 24.3 Å². The number of benzene rings is 1. The first-order chi connectivity index (χ1) is 7.67. The van der Waals surface area contributed by atoms with Gasteiger partial charge < -0.3 is 32.3 Å². The van der Waals surface area contributed by atoms with Gasteiger partial charge in [-0.25, -0.2) is 0 Å². The first kappa shape index (κ1) is 16.7. The minimum absolute atomic E-state index is 0. The summed E-state index contributed by atoms with van der Waals surface area (Å²) >= 11 is 0. The number of Topliss-reactive ketones (excluding diaryl/α,β-unsaturated/α-hetero) is 1. The zero-order chi connectivity index (χ0) is 12.0. The van der Waals surface area contributed by atoms with Gasteiger partial charge in [0.2, 0.25) is 0 Å². The van der Waals surface area contributed by atoms with Crippen molar-refractivity contribution >= 4 is 13.0 Å². The molecule has 1 aromatic carbocycles. The standard InChI is InChI=1S/C11H16O4P.BrH/c12-7-16(8-13,9-14)6-11(15)10-4-2-1-3-5-10;/h1-5,12-14H,6-9H2;1H/q+1;/p-1. The summed E-state index contributed by atoms with van der Waals surface area (Å²) in [5.41, 5.74) is 0.544. The molecule has 0 atom stereocenters. The van der Waals surface area contributed by atoms with Crippen LogP contribution in [0.1, 0.15) is 10.4 Å². The fraction of sp³-hybridized carbons (Fsp3) is 0.364. The van der Waals surface area contributed by atoms with Crippen LogP contribution in [0.2, 0.25) is 0 Å². The zero-order valence-corrected chi connectivity index (χ0v) is 11.8. The number of carbonyl (C=O) groups excluding carboxylic acids is 1. The van der Waals surface area contributed by atoms with Crippen LogP contribution in [-0.4, -0.2) is 46.3 Å². The Kier molecular flexibility index (Phi) is 7.75. The van der Waals surface area contributed by atoms with Crippen molar-refractivity contribution in [2.24, 2.45) is 0 Å². The summed E-state index contributed by atoms with van der Waals surface area (Å²) in [7, 11) is -2.34. The van der Waals surface area contributed by atoms with E-state index < -0.39 is 7.26 Å². The maximum Gasteiger partial charge on any atom is 0.200 e. The van der Waals surface area contributed by atoms with Crippen LogP contribution in [0.5, 0.6) is 0 Å². The molecule has 0 saturated heterocycles. The first-order valence-electron chi connectivity index (χ1n) is 4.93. The van der Waals surface area contributed by atoms with E-state index in [4.69, 9.17) is 15.3 Å². The Bertz CT molecular complexity index is 332. The van der Waals surface area contributed by atoms with Crippen molar-refractivity contribution < 1.29 is 37.1 Å². The Hall–Kier alpha value is -0.320. The molecule has 0 heterocycles. The molecule has 4 nitrogen and oxygen atoms in total. The Morgan fingerprint density at radius 1 is 1.00 bits per heavy atom. The summed E-state index contributed by atoms with van der Waals surface area (Å²) in [6, 6.07) is 8.68. The van der Waals surface area contributed by atoms with Gasteiger partial charge in [0.1, 0.15) is 13.4 Å². The third kappa shape index (κ3) is 4.45. The molecule has 0 unspecified atom stereocenters. The molecule has 0 bridgehead atoms. The molecule has 17 heavy (non-hydrogen) atoms. The van der Waals surface area contributed by atoms with E-state index >= 15 is 0 Å². The van der Waals surface area contributed by atoms with Crippen LogP contribution >= 0.6 is 7.26 Å². The Morgan fingerprint density at radius 3 is 1.88 bits per heavy atom. The molecule has 0 radical (unpaired) electrons. The molecule has 0 fully saturated rings. The molecule has 3 N–H and O–H groups in total. The maximum atomic E-state index is 11.8. The minimum Gasteiger partial charge on any atom is -1.00 e. The van der Waals surface area contributed by atoms with Crippen molar-refractivity contribution in [2.75, 3.05) is 25.2 Å². The molecule has 1 aromatic rings. The average Bonchev–Trinajstić information content (AvgIpc) is 2.37. The van der Waals surface area contributed by atoms with Gasteiger partial charge >= 0.3 is 0 Å². The van der Waals surface area contributed by atoms with Gasteiger partial charge in [-0.3, -0.25) is 4.79 Å². The van der Waals surface area contributed by atoms with Crippen molar-refractivity contribution in [3.63, 3.8) is 0 Å². The van der Waals surface area contributed by atoms with E-state index in [0.717, 1.165) is 0 Å². The molecule has 0 aliphatic heterocycles. The van der Waals surface area contributed by atoms with Crippen LogP contribution in [0.3, 0.4) is 0 Å². The molecule has 0 aliphatic carbocycles. The van der Waals surface area contributed by atoms with Crippen molar-refractivity contribution in [3.8, 4) is 0 Å². The van der Waals surface area contributed by atoms with Crippen LogP contribution in [-0.2, 0) is 0 Å². The minimum atomic E-state index is -2.34. The fourth-order valence-corrected chi connectivity index (χ4v) is 2.66. The van der Waals surface area contributed by atoms with E-state index in [9.17, 15) is 4.79 Å². The second-order valence-electron chi connectivity index (χ2n) is 3.71. The molecular weight excluding hydrogens is 307 g/mol. The lowest BCUT2D eigenvalue weighted by Gasteiger charge is -2.19. The Labute approximate surface area is 111 Å². The summed E-state index contributed by atoms with van der Waals surface area (Å²) in [5.74, 6) is -0.147. The number of halogens is 1. The second kappa shape index (κ2) is 7.90. The molecule has 0 saturated carbocycles. The lowest BCUT2D eigenvalue weighted by Crippen LogP contribution is -3.00. The Balaban J connectivity index is 0.00000256. The second-order valence-corrected chi connectivity index (χ2v) is 7.56. The predicted molar refractivity (Wildman–Crippen MR) is 63.8 cm³/mol. The van der Waals surface area contributed by atoms with Gasteiger partial charge in [0, 0.05) is 5.56 Å². The van der Waals surface area contributed by atoms with Crippen molar-refractivity contribution in [1.82, 2.24) is 0 Å². The van der Waals surface area contributed by atoms with E-state index in [1.807, 2.05) is 6.07 Å². The van der Waals surface area contributed by atoms with E-state index in [1.165, 1.54) is 0 Å². The van der Waals surface area contributed by atoms with Crippen molar-refractivity contribution in [3.05, 3.63) is 35.9 Å². The summed E-state index contributed by atoms with van der Waals surface area (Å²) < 4.78 is 0. The number of aliphatic hydroxyl groups is 3. The Morgan fingerprint density at radius 2 is 1.47 bits per heavy atom. The number of rotatable bonds is 6. The highest BCUT2D eigenvalue weighted by Crippen LogP contribution is 2.56. The number of carbonyl (C=O) groups is 1. The summed E-state index contributed by atoms with van der Waals surface area (Å²) in [6.45, 7) is 0. The third-order valence-electron chi connectivity index (χ3n) is 2.47. The summed E-state index contributed by atoms with van der Waals surface area (Å²) in [4.78, 5) is 11.8. The number of aliphatic hydroxyl groups excluding tert-OH is 3. The lowest BCUT2D eigenvalue weighted by molar-refractivity contribution is -0.0000134. The largest absolute Gasteiger partial charge is 1.00 e. The van der Waals surface area contributed by atoms with Gasteiger partial charge in [-0.2, -0.15) is 0 Å². The maximum absolute atomic E-state index is 11.8. The molecule has 0 aliphatic rings. The SMILES string of the molecule is O=C(C[P+](CO)(CO)CO)c1ccccc1.[Br-]. The highest BCUT2D eigenvalue weighted by molar-refractivity contribution is 7.76. The zero-order valence-electron chi connectivity index (χ0n) is 9.29. The van der Waals surface area contributed by atoms with Crippen LogP contribution in [0.15, 0.2) is 30.3 Å². The topological polar surface area (TPSA) is 77.8 Å². The first-order valence-corrected chi connectivity index (χ1v) is 7.46. The van der Waals surface area contributed by atoms with Crippen LogP contribution < -0.4 is 17.0 Å². The number of hydrogen-bond acceptors (Lipinski definition) is 4. The van der Waals surface area contributed by atoms with Gasteiger partial charge in [-0.1, -0.05) is 30.3 Å². The molecular formula is C11H16BrO4P. The van der Waals surface area contributed by atoms with Crippen LogP contribution in [0.25, 0.3) is 0 Å². The van der Waals surface area contributed by atoms with Gasteiger partial charge in [-0.05, 0) is 0 Å². The molecule has 0 spiro atoms. The van der Waals surface area contributed by atoms with E-state index in [2.05, 4.69) is 0 Å². The quantitative estimate of drug-likeness (QED) is 0.408.